The van der Waals surface area contributed by atoms with Crippen LogP contribution in [-0.4, -0.2) is 55.7 Å². The first-order valence-electron chi connectivity index (χ1n) is 10.1. The van der Waals surface area contributed by atoms with Crippen LogP contribution < -0.4 is 5.32 Å². The van der Waals surface area contributed by atoms with Gasteiger partial charge in [-0.15, -0.1) is 0 Å². The van der Waals surface area contributed by atoms with Crippen molar-refractivity contribution in [3.05, 3.63) is 0 Å². The topological polar surface area (TPSA) is 83.1 Å². The van der Waals surface area contributed by atoms with Gasteiger partial charge in [0.2, 0.25) is 5.91 Å². The Labute approximate surface area is 169 Å². The molecule has 0 unspecified atom stereocenters. The summed E-state index contributed by atoms with van der Waals surface area (Å²) in [7, 11) is 1.53. The highest BCUT2D eigenvalue weighted by molar-refractivity contribution is 5.81. The van der Waals surface area contributed by atoms with Crippen molar-refractivity contribution >= 4 is 11.9 Å². The lowest BCUT2D eigenvalue weighted by atomic mass is 9.91. The maximum absolute atomic E-state index is 12.3. The molecule has 1 heterocycles. The zero-order valence-corrected chi connectivity index (χ0v) is 18.8. The number of esters is 1. The fourth-order valence-electron chi connectivity index (χ4n) is 3.03. The zero-order valence-electron chi connectivity index (χ0n) is 18.8. The van der Waals surface area contributed by atoms with E-state index in [0.717, 1.165) is 12.8 Å². The standard InChI is InChI=1S/C21H39NO6/c1-14-17(18(19(25-8)26-14)28-21(5,6)7)27-16(24)11-10-15(23)22-13-9-12-20(2,3)4/h14,17-19H,9-13H2,1-8H3,(H,22,23)/t14-,17-,18-,19-/m1/s1. The van der Waals surface area contributed by atoms with E-state index in [9.17, 15) is 9.59 Å². The van der Waals surface area contributed by atoms with Gasteiger partial charge in [0.25, 0.3) is 0 Å². The fourth-order valence-corrected chi connectivity index (χ4v) is 3.03. The van der Waals surface area contributed by atoms with Gasteiger partial charge < -0.3 is 24.3 Å². The van der Waals surface area contributed by atoms with Gasteiger partial charge in [0, 0.05) is 20.1 Å². The summed E-state index contributed by atoms with van der Waals surface area (Å²) < 4.78 is 22.6. The molecule has 0 saturated carbocycles. The fraction of sp³-hybridized carbons (Fsp3) is 0.905. The van der Waals surface area contributed by atoms with Gasteiger partial charge in [-0.2, -0.15) is 0 Å². The molecule has 0 aromatic heterocycles. The Hall–Kier alpha value is -1.18. The summed E-state index contributed by atoms with van der Waals surface area (Å²) in [5, 5.41) is 2.85. The van der Waals surface area contributed by atoms with Crippen LogP contribution in [-0.2, 0) is 28.5 Å². The molecular weight excluding hydrogens is 362 g/mol. The highest BCUT2D eigenvalue weighted by Gasteiger charge is 2.47. The molecular formula is C21H39NO6. The normalized spacial score (nSPS) is 25.6. The summed E-state index contributed by atoms with van der Waals surface area (Å²) in [5.74, 6) is -0.580. The van der Waals surface area contributed by atoms with Gasteiger partial charge in [0.05, 0.1) is 18.1 Å². The Morgan fingerprint density at radius 2 is 1.68 bits per heavy atom. The number of hydrogen-bond donors (Lipinski definition) is 1. The van der Waals surface area contributed by atoms with Crippen LogP contribution in [0.15, 0.2) is 0 Å². The summed E-state index contributed by atoms with van der Waals surface area (Å²) in [6.07, 6.45) is 0.0292. The Morgan fingerprint density at radius 3 is 2.21 bits per heavy atom. The largest absolute Gasteiger partial charge is 0.457 e. The molecule has 0 aliphatic carbocycles. The quantitative estimate of drug-likeness (QED) is 0.472. The van der Waals surface area contributed by atoms with Crippen molar-refractivity contribution in [1.29, 1.82) is 0 Å². The van der Waals surface area contributed by atoms with Crippen molar-refractivity contribution in [2.24, 2.45) is 5.41 Å². The molecule has 0 aromatic rings. The zero-order chi connectivity index (χ0) is 21.5. The molecule has 1 amide bonds. The van der Waals surface area contributed by atoms with Gasteiger partial charge in [-0.1, -0.05) is 20.8 Å². The molecule has 1 rings (SSSR count). The molecule has 4 atom stereocenters. The van der Waals surface area contributed by atoms with Gasteiger partial charge in [-0.3, -0.25) is 9.59 Å². The van der Waals surface area contributed by atoms with E-state index in [1.165, 1.54) is 7.11 Å². The molecule has 1 saturated heterocycles. The molecule has 1 N–H and O–H groups in total. The van der Waals surface area contributed by atoms with Crippen LogP contribution in [0.25, 0.3) is 0 Å². The first-order valence-corrected chi connectivity index (χ1v) is 10.1. The number of nitrogens with one attached hydrogen (secondary N) is 1. The lowest BCUT2D eigenvalue weighted by molar-refractivity contribution is -0.192. The number of methoxy groups -OCH3 is 1. The lowest BCUT2D eigenvalue weighted by Crippen LogP contribution is -2.43. The third-order valence-electron chi connectivity index (χ3n) is 4.37. The van der Waals surface area contributed by atoms with E-state index in [4.69, 9.17) is 18.9 Å². The molecule has 0 radical (unpaired) electrons. The second kappa shape index (κ2) is 10.6. The number of ether oxygens (including phenoxy) is 4. The maximum atomic E-state index is 12.3. The predicted molar refractivity (Wildman–Crippen MR) is 107 cm³/mol. The Balaban J connectivity index is 2.44. The third-order valence-corrected chi connectivity index (χ3v) is 4.37. The third kappa shape index (κ3) is 9.34. The minimum Gasteiger partial charge on any atom is -0.457 e. The Kier molecular flexibility index (Phi) is 9.37. The van der Waals surface area contributed by atoms with Crippen LogP contribution in [0, 0.1) is 5.41 Å². The van der Waals surface area contributed by atoms with Crippen molar-refractivity contribution < 1.29 is 28.5 Å². The molecule has 164 valence electrons. The average Bonchev–Trinajstić information content (AvgIpc) is 2.83. The minimum absolute atomic E-state index is 0.0220. The number of rotatable bonds is 9. The van der Waals surface area contributed by atoms with E-state index in [0.29, 0.717) is 6.54 Å². The van der Waals surface area contributed by atoms with Crippen molar-refractivity contribution in [3.8, 4) is 0 Å². The average molecular weight is 402 g/mol. The van der Waals surface area contributed by atoms with Crippen LogP contribution in [0.5, 0.6) is 0 Å². The summed E-state index contributed by atoms with van der Waals surface area (Å²) >= 11 is 0. The first-order chi connectivity index (χ1) is 12.8. The lowest BCUT2D eigenvalue weighted by Gasteiger charge is -2.30. The molecule has 1 fully saturated rings. The first kappa shape index (κ1) is 24.9. The molecule has 7 heteroatoms. The van der Waals surface area contributed by atoms with Crippen molar-refractivity contribution in [1.82, 2.24) is 5.32 Å². The van der Waals surface area contributed by atoms with E-state index in [1.807, 2.05) is 27.7 Å². The van der Waals surface area contributed by atoms with Crippen LogP contribution in [0.3, 0.4) is 0 Å². The molecule has 0 bridgehead atoms. The predicted octanol–water partition coefficient (Wildman–Crippen LogP) is 3.20. The van der Waals surface area contributed by atoms with Gasteiger partial charge in [0.15, 0.2) is 12.4 Å². The smallest absolute Gasteiger partial charge is 0.306 e. The van der Waals surface area contributed by atoms with Crippen molar-refractivity contribution in [2.45, 2.75) is 104 Å². The molecule has 28 heavy (non-hydrogen) atoms. The van der Waals surface area contributed by atoms with Crippen LogP contribution in [0.1, 0.15) is 74.1 Å². The van der Waals surface area contributed by atoms with E-state index in [1.54, 1.807) is 0 Å². The van der Waals surface area contributed by atoms with Gasteiger partial charge in [-0.25, -0.2) is 0 Å². The Bertz CT molecular complexity index is 508. The van der Waals surface area contributed by atoms with Gasteiger partial charge >= 0.3 is 5.97 Å². The van der Waals surface area contributed by atoms with Crippen LogP contribution in [0.4, 0.5) is 0 Å². The van der Waals surface area contributed by atoms with E-state index in [2.05, 4.69) is 26.1 Å². The maximum Gasteiger partial charge on any atom is 0.306 e. The van der Waals surface area contributed by atoms with E-state index in [-0.39, 0.29) is 30.3 Å². The monoisotopic (exact) mass is 401 g/mol. The van der Waals surface area contributed by atoms with Crippen LogP contribution >= 0.6 is 0 Å². The van der Waals surface area contributed by atoms with Crippen molar-refractivity contribution in [2.75, 3.05) is 13.7 Å². The molecule has 7 nitrogen and oxygen atoms in total. The van der Waals surface area contributed by atoms with Gasteiger partial charge in [0.1, 0.15) is 6.10 Å². The second-order valence-electron chi connectivity index (χ2n) is 9.61. The highest BCUT2D eigenvalue weighted by Crippen LogP contribution is 2.30. The summed E-state index contributed by atoms with van der Waals surface area (Å²) in [4.78, 5) is 24.2. The summed E-state index contributed by atoms with van der Waals surface area (Å²) in [6, 6.07) is 0. The molecule has 1 aliphatic rings. The summed E-state index contributed by atoms with van der Waals surface area (Å²) in [5.41, 5.74) is -0.188. The molecule has 0 aromatic carbocycles. The van der Waals surface area contributed by atoms with E-state index < -0.39 is 30.1 Å². The number of hydrogen-bond acceptors (Lipinski definition) is 6. The number of carbonyl (C=O) groups excluding carboxylic acids is 2. The second-order valence-corrected chi connectivity index (χ2v) is 9.61. The number of amides is 1. The van der Waals surface area contributed by atoms with Crippen LogP contribution in [0.2, 0.25) is 0 Å². The summed E-state index contributed by atoms with van der Waals surface area (Å²) in [6.45, 7) is 14.7. The molecule has 0 spiro atoms. The van der Waals surface area contributed by atoms with E-state index >= 15 is 0 Å². The van der Waals surface area contributed by atoms with Gasteiger partial charge in [-0.05, 0) is 46.0 Å². The number of carbonyl (C=O) groups is 2. The molecule has 1 aliphatic heterocycles. The Morgan fingerprint density at radius 1 is 1.04 bits per heavy atom. The SMILES string of the molecule is CO[C@@H]1O[C@H](C)[C@@H](OC(=O)CCC(=O)NCCCC(C)(C)C)[C@H]1OC(C)(C)C. The highest BCUT2D eigenvalue weighted by atomic mass is 16.7. The van der Waals surface area contributed by atoms with Crippen molar-refractivity contribution in [3.63, 3.8) is 0 Å². The minimum atomic E-state index is -0.599.